The number of anilines is 1. The van der Waals surface area contributed by atoms with Crippen LogP contribution in [0, 0.1) is 10.1 Å². The summed E-state index contributed by atoms with van der Waals surface area (Å²) in [4.78, 5) is 25.1. The Balaban J connectivity index is 1.72. The number of amides is 1. The van der Waals surface area contributed by atoms with Crippen LogP contribution in [0.2, 0.25) is 0 Å². The molecule has 2 fully saturated rings. The van der Waals surface area contributed by atoms with Gasteiger partial charge in [0.15, 0.2) is 0 Å². The van der Waals surface area contributed by atoms with E-state index in [4.69, 9.17) is 9.47 Å². The lowest BCUT2D eigenvalue weighted by atomic mass is 10.1. The van der Waals surface area contributed by atoms with Crippen molar-refractivity contribution >= 4 is 17.3 Å². The van der Waals surface area contributed by atoms with Crippen LogP contribution >= 0.6 is 0 Å². The number of nitrogens with zero attached hydrogens (tertiary/aromatic N) is 2. The topological polar surface area (TPSA) is 93.9 Å². The van der Waals surface area contributed by atoms with Crippen LogP contribution in [0.4, 0.5) is 11.4 Å². The Kier molecular flexibility index (Phi) is 5.27. The molecule has 0 aromatic heterocycles. The van der Waals surface area contributed by atoms with Gasteiger partial charge in [-0.25, -0.2) is 0 Å². The zero-order chi connectivity index (χ0) is 16.9. The summed E-state index contributed by atoms with van der Waals surface area (Å²) in [5.74, 6) is -0.317. The molecule has 1 aromatic carbocycles. The van der Waals surface area contributed by atoms with E-state index in [1.807, 2.05) is 4.90 Å². The van der Waals surface area contributed by atoms with E-state index in [2.05, 4.69) is 5.32 Å². The summed E-state index contributed by atoms with van der Waals surface area (Å²) in [6, 6.07) is 4.61. The fourth-order valence-corrected chi connectivity index (χ4v) is 3.00. The Morgan fingerprint density at radius 3 is 2.79 bits per heavy atom. The number of hydrogen-bond donors (Lipinski definition) is 1. The first-order valence-electron chi connectivity index (χ1n) is 8.16. The van der Waals surface area contributed by atoms with E-state index in [0.29, 0.717) is 38.5 Å². The van der Waals surface area contributed by atoms with Crippen molar-refractivity contribution in [1.29, 1.82) is 0 Å². The summed E-state index contributed by atoms with van der Waals surface area (Å²) in [6.45, 7) is 3.44. The third kappa shape index (κ3) is 3.82. The number of carbonyl (C=O) groups is 1. The molecule has 24 heavy (non-hydrogen) atoms. The van der Waals surface area contributed by atoms with Crippen LogP contribution in [-0.2, 0) is 9.47 Å². The molecule has 2 aliphatic rings. The summed E-state index contributed by atoms with van der Waals surface area (Å²) >= 11 is 0. The second kappa shape index (κ2) is 7.59. The first-order valence-corrected chi connectivity index (χ1v) is 8.16. The Bertz CT molecular complexity index is 610. The minimum atomic E-state index is -0.443. The van der Waals surface area contributed by atoms with Crippen LogP contribution in [0.15, 0.2) is 18.2 Å². The van der Waals surface area contributed by atoms with Crippen molar-refractivity contribution in [3.63, 3.8) is 0 Å². The standard InChI is InChI=1S/C16H21N3O5/c20-16(17-11-13-2-1-7-24-13)12-3-4-14(15(10-12)19(21)22)18-5-8-23-9-6-18/h3-4,10,13H,1-2,5-9,11H2,(H,17,20)/t13-/m0/s1. The van der Waals surface area contributed by atoms with Crippen LogP contribution in [-0.4, -0.2) is 56.4 Å². The molecule has 1 aromatic rings. The van der Waals surface area contributed by atoms with E-state index < -0.39 is 4.92 Å². The predicted octanol–water partition coefficient (Wildman–Crippen LogP) is 1.34. The maximum Gasteiger partial charge on any atom is 0.293 e. The van der Waals surface area contributed by atoms with Crippen LogP contribution < -0.4 is 10.2 Å². The van der Waals surface area contributed by atoms with E-state index in [0.717, 1.165) is 19.4 Å². The normalized spacial score (nSPS) is 20.8. The Labute approximate surface area is 139 Å². The Hall–Kier alpha value is -2.19. The summed E-state index contributed by atoms with van der Waals surface area (Å²) in [5, 5.41) is 14.2. The highest BCUT2D eigenvalue weighted by molar-refractivity contribution is 5.95. The Morgan fingerprint density at radius 2 is 2.12 bits per heavy atom. The second-order valence-corrected chi connectivity index (χ2v) is 5.91. The third-order valence-corrected chi connectivity index (χ3v) is 4.30. The largest absolute Gasteiger partial charge is 0.378 e. The van der Waals surface area contributed by atoms with E-state index >= 15 is 0 Å². The second-order valence-electron chi connectivity index (χ2n) is 5.91. The van der Waals surface area contributed by atoms with Gasteiger partial charge < -0.3 is 19.7 Å². The van der Waals surface area contributed by atoms with Crippen molar-refractivity contribution in [2.75, 3.05) is 44.4 Å². The SMILES string of the molecule is O=C(NC[C@@H]1CCCO1)c1ccc(N2CCOCC2)c([N+](=O)[O-])c1. The number of morpholine rings is 1. The number of hydrogen-bond acceptors (Lipinski definition) is 6. The van der Waals surface area contributed by atoms with Gasteiger partial charge in [-0.3, -0.25) is 14.9 Å². The van der Waals surface area contributed by atoms with Crippen LogP contribution in [0.5, 0.6) is 0 Å². The average molecular weight is 335 g/mol. The molecule has 130 valence electrons. The quantitative estimate of drug-likeness (QED) is 0.645. The summed E-state index contributed by atoms with van der Waals surface area (Å²) < 4.78 is 10.7. The molecule has 0 radical (unpaired) electrons. The summed E-state index contributed by atoms with van der Waals surface area (Å²) in [5.41, 5.74) is 0.761. The fraction of sp³-hybridized carbons (Fsp3) is 0.562. The maximum atomic E-state index is 12.2. The molecule has 8 heteroatoms. The lowest BCUT2D eigenvalue weighted by Gasteiger charge is -2.28. The highest BCUT2D eigenvalue weighted by Crippen LogP contribution is 2.30. The highest BCUT2D eigenvalue weighted by atomic mass is 16.6. The monoisotopic (exact) mass is 335 g/mol. The molecule has 1 N–H and O–H groups in total. The van der Waals surface area contributed by atoms with Crippen molar-refractivity contribution in [3.8, 4) is 0 Å². The third-order valence-electron chi connectivity index (χ3n) is 4.30. The zero-order valence-corrected chi connectivity index (χ0v) is 13.4. The molecular weight excluding hydrogens is 314 g/mol. The number of nitrogens with one attached hydrogen (secondary N) is 1. The number of rotatable bonds is 5. The van der Waals surface area contributed by atoms with Gasteiger partial charge in [0, 0.05) is 37.9 Å². The van der Waals surface area contributed by atoms with Crippen LogP contribution in [0.3, 0.4) is 0 Å². The van der Waals surface area contributed by atoms with E-state index in [9.17, 15) is 14.9 Å². The number of nitro benzene ring substituents is 1. The predicted molar refractivity (Wildman–Crippen MR) is 87.4 cm³/mol. The molecule has 1 atom stereocenters. The lowest BCUT2D eigenvalue weighted by Crippen LogP contribution is -2.36. The summed E-state index contributed by atoms with van der Waals surface area (Å²) in [6.07, 6.45) is 1.97. The lowest BCUT2D eigenvalue weighted by molar-refractivity contribution is -0.384. The van der Waals surface area contributed by atoms with Gasteiger partial charge in [-0.15, -0.1) is 0 Å². The Morgan fingerprint density at radius 1 is 1.33 bits per heavy atom. The van der Waals surface area contributed by atoms with Crippen molar-refractivity contribution in [3.05, 3.63) is 33.9 Å². The van der Waals surface area contributed by atoms with E-state index in [1.165, 1.54) is 6.07 Å². The van der Waals surface area contributed by atoms with Crippen LogP contribution in [0.25, 0.3) is 0 Å². The molecular formula is C16H21N3O5. The molecule has 0 aliphatic carbocycles. The first kappa shape index (κ1) is 16.7. The molecule has 2 aliphatic heterocycles. The minimum absolute atomic E-state index is 0.0385. The van der Waals surface area contributed by atoms with Crippen molar-refractivity contribution in [1.82, 2.24) is 5.32 Å². The fourth-order valence-electron chi connectivity index (χ4n) is 3.00. The number of carbonyl (C=O) groups excluding carboxylic acids is 1. The van der Waals surface area contributed by atoms with Crippen LogP contribution in [0.1, 0.15) is 23.2 Å². The van der Waals surface area contributed by atoms with E-state index in [-0.39, 0.29) is 23.3 Å². The smallest absolute Gasteiger partial charge is 0.293 e. The van der Waals surface area contributed by atoms with Crippen molar-refractivity contribution in [2.24, 2.45) is 0 Å². The van der Waals surface area contributed by atoms with Gasteiger partial charge >= 0.3 is 0 Å². The summed E-state index contributed by atoms with van der Waals surface area (Å²) in [7, 11) is 0. The molecule has 2 heterocycles. The van der Waals surface area contributed by atoms with Gasteiger partial charge in [-0.2, -0.15) is 0 Å². The van der Waals surface area contributed by atoms with Gasteiger partial charge in [0.1, 0.15) is 5.69 Å². The van der Waals surface area contributed by atoms with Crippen molar-refractivity contribution < 1.29 is 19.2 Å². The molecule has 0 bridgehead atoms. The van der Waals surface area contributed by atoms with Gasteiger partial charge in [0.25, 0.3) is 11.6 Å². The molecule has 3 rings (SSSR count). The number of nitro groups is 1. The van der Waals surface area contributed by atoms with Gasteiger partial charge in [-0.05, 0) is 25.0 Å². The average Bonchev–Trinajstić information content (AvgIpc) is 3.13. The van der Waals surface area contributed by atoms with Gasteiger partial charge in [-0.1, -0.05) is 0 Å². The van der Waals surface area contributed by atoms with Crippen molar-refractivity contribution in [2.45, 2.75) is 18.9 Å². The first-order chi connectivity index (χ1) is 11.6. The minimum Gasteiger partial charge on any atom is -0.378 e. The molecule has 0 spiro atoms. The zero-order valence-electron chi connectivity index (χ0n) is 13.4. The van der Waals surface area contributed by atoms with E-state index in [1.54, 1.807) is 12.1 Å². The van der Waals surface area contributed by atoms with Gasteiger partial charge in [0.2, 0.25) is 0 Å². The van der Waals surface area contributed by atoms with Gasteiger partial charge in [0.05, 0.1) is 24.2 Å². The molecule has 0 saturated carbocycles. The number of ether oxygens (including phenoxy) is 2. The number of benzene rings is 1. The highest BCUT2D eigenvalue weighted by Gasteiger charge is 2.24. The maximum absolute atomic E-state index is 12.2. The molecule has 0 unspecified atom stereocenters. The molecule has 2 saturated heterocycles. The molecule has 1 amide bonds. The molecule has 8 nitrogen and oxygen atoms in total.